The number of nitrogens with zero attached hydrogens (tertiary/aromatic N) is 4. The second-order valence-corrected chi connectivity index (χ2v) is 8.05. The highest BCUT2D eigenvalue weighted by atomic mass is 32.2. The minimum Gasteiger partial charge on any atom is -0.493 e. The summed E-state index contributed by atoms with van der Waals surface area (Å²) in [4.78, 5) is 16.4. The third-order valence-corrected chi connectivity index (χ3v) is 5.82. The van der Waals surface area contributed by atoms with Crippen LogP contribution in [0.5, 0.6) is 11.5 Å². The van der Waals surface area contributed by atoms with Gasteiger partial charge < -0.3 is 14.8 Å². The zero-order chi connectivity index (χ0) is 20.6. The van der Waals surface area contributed by atoms with E-state index in [0.29, 0.717) is 34.2 Å². The third-order valence-electron chi connectivity index (χ3n) is 3.96. The van der Waals surface area contributed by atoms with Crippen LogP contribution in [-0.4, -0.2) is 51.0 Å². The fraction of sp³-hybridized carbons (Fsp3) is 0.368. The minimum atomic E-state index is -0.369. The van der Waals surface area contributed by atoms with Crippen LogP contribution in [0.2, 0.25) is 0 Å². The molecular formula is C19H23N5O3S2. The number of ether oxygens (including phenoxy) is 2. The number of nitrogens with one attached hydrogen (secondary N) is 1. The number of carbonyl (C=O) groups is 1. The Balaban J connectivity index is 1.68. The summed E-state index contributed by atoms with van der Waals surface area (Å²) in [6, 6.07) is 7.44. The molecule has 1 aliphatic rings. The molecule has 0 saturated heterocycles. The average molecular weight is 434 g/mol. The van der Waals surface area contributed by atoms with E-state index in [-0.39, 0.29) is 17.8 Å². The Labute approximate surface area is 178 Å². The van der Waals surface area contributed by atoms with Crippen molar-refractivity contribution < 1.29 is 14.3 Å². The van der Waals surface area contributed by atoms with Gasteiger partial charge in [-0.2, -0.15) is 0 Å². The van der Waals surface area contributed by atoms with E-state index in [1.54, 1.807) is 24.9 Å². The van der Waals surface area contributed by atoms with E-state index >= 15 is 0 Å². The van der Waals surface area contributed by atoms with Crippen LogP contribution in [0, 0.1) is 0 Å². The standard InChI is InChI=1S/C19H23N5O3S2/c1-4-10-24-17(13(2)27-15-8-6-5-7-14(15)26-3)22-23-19(24)29-12-16(25)21-18-20-9-11-28-18/h4-8,13H,1,9-12H2,2-3H3,(H,20,21,25). The second-order valence-electron chi connectivity index (χ2n) is 6.02. The first-order valence-electron chi connectivity index (χ1n) is 9.06. The predicted octanol–water partition coefficient (Wildman–Crippen LogP) is 2.92. The van der Waals surface area contributed by atoms with Crippen molar-refractivity contribution in [1.82, 2.24) is 20.1 Å². The van der Waals surface area contributed by atoms with Gasteiger partial charge in [-0.1, -0.05) is 41.7 Å². The smallest absolute Gasteiger partial charge is 0.236 e. The van der Waals surface area contributed by atoms with Crippen molar-refractivity contribution in [1.29, 1.82) is 0 Å². The number of hydrogen-bond acceptors (Lipinski definition) is 8. The molecule has 3 rings (SSSR count). The monoisotopic (exact) mass is 433 g/mol. The summed E-state index contributed by atoms with van der Waals surface area (Å²) in [6.07, 6.45) is 1.39. The molecular weight excluding hydrogens is 410 g/mol. The first-order chi connectivity index (χ1) is 14.1. The number of rotatable bonds is 9. The van der Waals surface area contributed by atoms with Gasteiger partial charge in [-0.25, -0.2) is 0 Å². The fourth-order valence-electron chi connectivity index (χ4n) is 2.66. The lowest BCUT2D eigenvalue weighted by molar-refractivity contribution is -0.117. The molecule has 8 nitrogen and oxygen atoms in total. The van der Waals surface area contributed by atoms with Crippen molar-refractivity contribution >= 4 is 34.6 Å². The first-order valence-corrected chi connectivity index (χ1v) is 11.0. The van der Waals surface area contributed by atoms with E-state index in [0.717, 1.165) is 12.3 Å². The maximum Gasteiger partial charge on any atom is 0.236 e. The zero-order valence-corrected chi connectivity index (χ0v) is 18.0. The quantitative estimate of drug-likeness (QED) is 0.480. The molecule has 29 heavy (non-hydrogen) atoms. The number of carbonyl (C=O) groups excluding carboxylic acids is 1. The minimum absolute atomic E-state index is 0.115. The fourth-order valence-corrected chi connectivity index (χ4v) is 4.16. The molecule has 1 atom stereocenters. The number of amidine groups is 1. The van der Waals surface area contributed by atoms with Gasteiger partial charge in [-0.15, -0.1) is 16.8 Å². The molecule has 1 amide bonds. The van der Waals surface area contributed by atoms with E-state index in [2.05, 4.69) is 27.1 Å². The van der Waals surface area contributed by atoms with Gasteiger partial charge in [-0.3, -0.25) is 14.4 Å². The molecule has 154 valence electrons. The predicted molar refractivity (Wildman–Crippen MR) is 116 cm³/mol. The van der Waals surface area contributed by atoms with Crippen molar-refractivity contribution in [2.75, 3.05) is 25.2 Å². The van der Waals surface area contributed by atoms with Crippen molar-refractivity contribution in [3.63, 3.8) is 0 Å². The highest BCUT2D eigenvalue weighted by molar-refractivity contribution is 8.14. The SMILES string of the molecule is C=CCn1c(SCC(=O)NC2=NCCS2)nnc1C(C)Oc1ccccc1OC. The number of benzene rings is 1. The molecule has 1 aromatic heterocycles. The number of aromatic nitrogens is 3. The van der Waals surface area contributed by atoms with Gasteiger partial charge in [0.2, 0.25) is 5.91 Å². The number of aliphatic imine (C=N–C) groups is 1. The van der Waals surface area contributed by atoms with Crippen LogP contribution < -0.4 is 14.8 Å². The highest BCUT2D eigenvalue weighted by Gasteiger charge is 2.21. The van der Waals surface area contributed by atoms with E-state index in [1.165, 1.54) is 11.8 Å². The molecule has 1 aromatic carbocycles. The van der Waals surface area contributed by atoms with Crippen LogP contribution >= 0.6 is 23.5 Å². The molecule has 0 aliphatic carbocycles. The van der Waals surface area contributed by atoms with Crippen molar-refractivity contribution in [3.8, 4) is 11.5 Å². The Hall–Kier alpha value is -2.46. The van der Waals surface area contributed by atoms with E-state index < -0.39 is 0 Å². The van der Waals surface area contributed by atoms with Gasteiger partial charge in [0.1, 0.15) is 0 Å². The molecule has 0 bridgehead atoms. The summed E-state index contributed by atoms with van der Waals surface area (Å²) >= 11 is 2.87. The molecule has 1 N–H and O–H groups in total. The van der Waals surface area contributed by atoms with E-state index in [9.17, 15) is 4.79 Å². The molecule has 2 aromatic rings. The zero-order valence-electron chi connectivity index (χ0n) is 16.3. The van der Waals surface area contributed by atoms with Gasteiger partial charge >= 0.3 is 0 Å². The molecule has 2 heterocycles. The van der Waals surface area contributed by atoms with Crippen LogP contribution in [-0.2, 0) is 11.3 Å². The topological polar surface area (TPSA) is 90.6 Å². The summed E-state index contributed by atoms with van der Waals surface area (Å²) in [5.41, 5.74) is 0. The Bertz CT molecular complexity index is 900. The number of hydrogen-bond donors (Lipinski definition) is 1. The van der Waals surface area contributed by atoms with Crippen LogP contribution in [0.4, 0.5) is 0 Å². The largest absolute Gasteiger partial charge is 0.493 e. The molecule has 0 fully saturated rings. The van der Waals surface area contributed by atoms with E-state index in [4.69, 9.17) is 9.47 Å². The van der Waals surface area contributed by atoms with Crippen molar-refractivity contribution in [2.24, 2.45) is 4.99 Å². The number of allylic oxidation sites excluding steroid dienone is 1. The summed E-state index contributed by atoms with van der Waals surface area (Å²) in [5, 5.41) is 12.7. The lowest BCUT2D eigenvalue weighted by atomic mass is 10.3. The number of para-hydroxylation sites is 2. The Morgan fingerprint density at radius 1 is 1.41 bits per heavy atom. The molecule has 0 radical (unpaired) electrons. The Morgan fingerprint density at radius 2 is 2.21 bits per heavy atom. The van der Waals surface area contributed by atoms with Crippen molar-refractivity contribution in [2.45, 2.75) is 24.7 Å². The summed E-state index contributed by atoms with van der Waals surface area (Å²) in [7, 11) is 1.60. The molecule has 0 spiro atoms. The Kier molecular flexibility index (Phi) is 7.59. The maximum absolute atomic E-state index is 12.2. The molecule has 1 aliphatic heterocycles. The van der Waals surface area contributed by atoms with Gasteiger partial charge in [-0.05, 0) is 19.1 Å². The normalized spacial score (nSPS) is 14.2. The van der Waals surface area contributed by atoms with Gasteiger partial charge in [0.15, 0.2) is 33.8 Å². The summed E-state index contributed by atoms with van der Waals surface area (Å²) in [6.45, 7) is 6.96. The highest BCUT2D eigenvalue weighted by Crippen LogP contribution is 2.31. The van der Waals surface area contributed by atoms with E-state index in [1.807, 2.05) is 35.8 Å². The third kappa shape index (κ3) is 5.54. The van der Waals surface area contributed by atoms with Crippen LogP contribution in [0.25, 0.3) is 0 Å². The molecule has 1 unspecified atom stereocenters. The second kappa shape index (κ2) is 10.4. The molecule has 0 saturated carbocycles. The number of methoxy groups -OCH3 is 1. The van der Waals surface area contributed by atoms with Crippen molar-refractivity contribution in [3.05, 3.63) is 42.7 Å². The maximum atomic E-state index is 12.2. The van der Waals surface area contributed by atoms with Crippen LogP contribution in [0.1, 0.15) is 18.9 Å². The number of amides is 1. The summed E-state index contributed by atoms with van der Waals surface area (Å²) < 4.78 is 13.3. The van der Waals surface area contributed by atoms with Gasteiger partial charge in [0, 0.05) is 12.3 Å². The lowest BCUT2D eigenvalue weighted by Gasteiger charge is -2.17. The Morgan fingerprint density at radius 3 is 2.90 bits per heavy atom. The van der Waals surface area contributed by atoms with Crippen LogP contribution in [0.15, 0.2) is 47.1 Å². The summed E-state index contributed by atoms with van der Waals surface area (Å²) in [5.74, 6) is 2.93. The van der Waals surface area contributed by atoms with Crippen LogP contribution in [0.3, 0.4) is 0 Å². The average Bonchev–Trinajstić information content (AvgIpc) is 3.37. The van der Waals surface area contributed by atoms with Gasteiger partial charge in [0.25, 0.3) is 0 Å². The first kappa shape index (κ1) is 21.3. The van der Waals surface area contributed by atoms with Gasteiger partial charge in [0.05, 0.1) is 19.4 Å². The molecule has 10 heteroatoms. The number of thioether (sulfide) groups is 2. The lowest BCUT2D eigenvalue weighted by Crippen LogP contribution is -2.29.